The Kier molecular flexibility index (Phi) is 4.80. The van der Waals surface area contributed by atoms with E-state index >= 15 is 0 Å². The van der Waals surface area contributed by atoms with E-state index in [1.54, 1.807) is 18.2 Å². The zero-order valence-corrected chi connectivity index (χ0v) is 15.3. The predicted octanol–water partition coefficient (Wildman–Crippen LogP) is 2.69. The fourth-order valence-electron chi connectivity index (χ4n) is 3.10. The van der Waals surface area contributed by atoms with Crippen LogP contribution in [0.25, 0.3) is 0 Å². The van der Waals surface area contributed by atoms with Gasteiger partial charge in [-0.3, -0.25) is 0 Å². The van der Waals surface area contributed by atoms with E-state index in [2.05, 4.69) is 36.9 Å². The lowest BCUT2D eigenvalue weighted by Crippen LogP contribution is -2.48. The lowest BCUT2D eigenvalue weighted by molar-refractivity contribution is 0.384. The molecule has 0 atom stereocenters. The van der Waals surface area contributed by atoms with Crippen LogP contribution >= 0.6 is 0 Å². The minimum absolute atomic E-state index is 0.187. The average Bonchev–Trinajstić information content (AvgIpc) is 2.64. The number of aryl methyl sites for hydroxylation is 2. The van der Waals surface area contributed by atoms with E-state index in [9.17, 15) is 8.42 Å². The highest BCUT2D eigenvalue weighted by Gasteiger charge is 2.29. The molecule has 2 aromatic carbocycles. The number of benzene rings is 2. The number of nitrogens with zero attached hydrogens (tertiary/aromatic N) is 3. The van der Waals surface area contributed by atoms with Gasteiger partial charge in [-0.15, -0.1) is 0 Å². The van der Waals surface area contributed by atoms with Crippen LogP contribution in [0.2, 0.25) is 0 Å². The minimum Gasteiger partial charge on any atom is -0.369 e. The second-order valence-corrected chi connectivity index (χ2v) is 8.26. The maximum Gasteiger partial charge on any atom is 0.243 e. The van der Waals surface area contributed by atoms with Gasteiger partial charge in [-0.05, 0) is 49.2 Å². The van der Waals surface area contributed by atoms with Gasteiger partial charge in [0, 0.05) is 31.9 Å². The van der Waals surface area contributed by atoms with Crippen LogP contribution < -0.4 is 4.90 Å². The highest BCUT2D eigenvalue weighted by Crippen LogP contribution is 2.25. The fourth-order valence-corrected chi connectivity index (χ4v) is 4.57. The summed E-state index contributed by atoms with van der Waals surface area (Å²) in [5.74, 6) is 0. The molecule has 0 radical (unpaired) electrons. The van der Waals surface area contributed by atoms with E-state index in [4.69, 9.17) is 5.26 Å². The average molecular weight is 355 g/mol. The third kappa shape index (κ3) is 3.53. The molecule has 6 heteroatoms. The molecular formula is C19H21N3O2S. The molecule has 0 aromatic heterocycles. The Morgan fingerprint density at radius 3 is 2.40 bits per heavy atom. The lowest BCUT2D eigenvalue weighted by atomic mass is 10.1. The molecule has 1 fully saturated rings. The van der Waals surface area contributed by atoms with Crippen molar-refractivity contribution in [1.82, 2.24) is 4.31 Å². The first-order valence-electron chi connectivity index (χ1n) is 8.24. The number of piperazine rings is 1. The van der Waals surface area contributed by atoms with Gasteiger partial charge in [0.1, 0.15) is 0 Å². The Balaban J connectivity index is 1.77. The molecule has 0 saturated carbocycles. The molecule has 1 aliphatic rings. The molecule has 1 heterocycles. The van der Waals surface area contributed by atoms with Crippen LogP contribution in [0.4, 0.5) is 5.69 Å². The van der Waals surface area contributed by atoms with Crippen molar-refractivity contribution in [3.05, 3.63) is 59.2 Å². The number of nitriles is 1. The molecule has 25 heavy (non-hydrogen) atoms. The molecule has 0 amide bonds. The summed E-state index contributed by atoms with van der Waals surface area (Å²) in [5.41, 5.74) is 3.92. The zero-order valence-electron chi connectivity index (χ0n) is 14.4. The van der Waals surface area contributed by atoms with Gasteiger partial charge in [0.15, 0.2) is 0 Å². The van der Waals surface area contributed by atoms with Crippen molar-refractivity contribution in [1.29, 1.82) is 5.26 Å². The number of rotatable bonds is 3. The first kappa shape index (κ1) is 17.5. The molecule has 1 aliphatic heterocycles. The summed E-state index contributed by atoms with van der Waals surface area (Å²) in [7, 11) is -3.56. The van der Waals surface area contributed by atoms with Gasteiger partial charge >= 0.3 is 0 Å². The minimum atomic E-state index is -3.56. The largest absolute Gasteiger partial charge is 0.369 e. The van der Waals surface area contributed by atoms with Crippen molar-refractivity contribution in [2.45, 2.75) is 18.7 Å². The van der Waals surface area contributed by atoms with Crippen molar-refractivity contribution >= 4 is 15.7 Å². The van der Waals surface area contributed by atoms with E-state index in [1.807, 2.05) is 6.07 Å². The maximum absolute atomic E-state index is 12.8. The second-order valence-electron chi connectivity index (χ2n) is 6.32. The van der Waals surface area contributed by atoms with E-state index in [1.165, 1.54) is 27.2 Å². The topological polar surface area (TPSA) is 64.4 Å². The van der Waals surface area contributed by atoms with Crippen LogP contribution in [-0.2, 0) is 10.0 Å². The van der Waals surface area contributed by atoms with Crippen molar-refractivity contribution in [3.63, 3.8) is 0 Å². The number of anilines is 1. The van der Waals surface area contributed by atoms with Gasteiger partial charge in [-0.2, -0.15) is 9.57 Å². The Hall–Kier alpha value is -2.36. The van der Waals surface area contributed by atoms with Crippen molar-refractivity contribution in [3.8, 4) is 6.07 Å². The summed E-state index contributed by atoms with van der Waals surface area (Å²) in [6, 6.07) is 14.5. The van der Waals surface area contributed by atoms with Gasteiger partial charge < -0.3 is 4.90 Å². The first-order chi connectivity index (χ1) is 11.9. The van der Waals surface area contributed by atoms with E-state index in [0.717, 1.165) is 0 Å². The molecule has 1 saturated heterocycles. The second kappa shape index (κ2) is 6.87. The summed E-state index contributed by atoms with van der Waals surface area (Å²) < 4.78 is 27.1. The van der Waals surface area contributed by atoms with Crippen molar-refractivity contribution < 1.29 is 8.42 Å². The number of hydrogen-bond acceptors (Lipinski definition) is 4. The SMILES string of the molecule is Cc1ccc(C)c(N2CCN(S(=O)(=O)c3cccc(C#N)c3)CC2)c1. The molecule has 130 valence electrons. The predicted molar refractivity (Wildman–Crippen MR) is 98.0 cm³/mol. The summed E-state index contributed by atoms with van der Waals surface area (Å²) in [6.45, 7) is 6.32. The smallest absolute Gasteiger partial charge is 0.243 e. The van der Waals surface area contributed by atoms with E-state index < -0.39 is 10.0 Å². The molecule has 0 aliphatic carbocycles. The highest BCUT2D eigenvalue weighted by atomic mass is 32.2. The Bertz CT molecular complexity index is 924. The number of sulfonamides is 1. The van der Waals surface area contributed by atoms with Crippen LogP contribution in [0, 0.1) is 25.2 Å². The summed E-state index contributed by atoms with van der Waals surface area (Å²) >= 11 is 0. The molecule has 0 N–H and O–H groups in total. The molecule has 0 spiro atoms. The summed E-state index contributed by atoms with van der Waals surface area (Å²) in [6.07, 6.45) is 0. The molecule has 3 rings (SSSR count). The normalized spacial score (nSPS) is 15.8. The summed E-state index contributed by atoms with van der Waals surface area (Å²) in [4.78, 5) is 2.42. The number of hydrogen-bond donors (Lipinski definition) is 0. The van der Waals surface area contributed by atoms with E-state index in [0.29, 0.717) is 31.7 Å². The van der Waals surface area contributed by atoms with Crippen LogP contribution in [-0.4, -0.2) is 38.9 Å². The Morgan fingerprint density at radius 2 is 1.72 bits per heavy atom. The monoisotopic (exact) mass is 355 g/mol. The standard InChI is InChI=1S/C19H21N3O2S/c1-15-6-7-16(2)19(12-15)21-8-10-22(11-9-21)25(23,24)18-5-3-4-17(13-18)14-20/h3-7,12-13H,8-11H2,1-2H3. The van der Waals surface area contributed by atoms with Gasteiger partial charge in [-0.1, -0.05) is 18.2 Å². The van der Waals surface area contributed by atoms with Crippen LogP contribution in [0.15, 0.2) is 47.4 Å². The molecule has 0 unspecified atom stereocenters. The molecule has 0 bridgehead atoms. The zero-order chi connectivity index (χ0) is 18.0. The Labute approximate surface area is 149 Å². The highest BCUT2D eigenvalue weighted by molar-refractivity contribution is 7.89. The third-order valence-corrected chi connectivity index (χ3v) is 6.44. The lowest BCUT2D eigenvalue weighted by Gasteiger charge is -2.36. The molecular weight excluding hydrogens is 334 g/mol. The molecule has 5 nitrogen and oxygen atoms in total. The quantitative estimate of drug-likeness (QED) is 0.849. The van der Waals surface area contributed by atoms with Crippen molar-refractivity contribution in [2.24, 2.45) is 0 Å². The van der Waals surface area contributed by atoms with Gasteiger partial charge in [0.25, 0.3) is 0 Å². The van der Waals surface area contributed by atoms with Gasteiger partial charge in [0.2, 0.25) is 10.0 Å². The fraction of sp³-hybridized carbons (Fsp3) is 0.316. The maximum atomic E-state index is 12.8. The molecule has 2 aromatic rings. The van der Waals surface area contributed by atoms with Crippen molar-refractivity contribution in [2.75, 3.05) is 31.1 Å². The van der Waals surface area contributed by atoms with Crippen LogP contribution in [0.1, 0.15) is 16.7 Å². The van der Waals surface area contributed by atoms with Gasteiger partial charge in [-0.25, -0.2) is 8.42 Å². The van der Waals surface area contributed by atoms with Crippen LogP contribution in [0.5, 0.6) is 0 Å². The summed E-state index contributed by atoms with van der Waals surface area (Å²) in [5, 5.41) is 8.98. The van der Waals surface area contributed by atoms with Crippen LogP contribution in [0.3, 0.4) is 0 Å². The van der Waals surface area contributed by atoms with Gasteiger partial charge in [0.05, 0.1) is 16.5 Å². The van der Waals surface area contributed by atoms with E-state index in [-0.39, 0.29) is 4.90 Å². The Morgan fingerprint density at radius 1 is 1.00 bits per heavy atom. The third-order valence-electron chi connectivity index (χ3n) is 4.54. The first-order valence-corrected chi connectivity index (χ1v) is 9.68.